The molecule has 3 nitrogen and oxygen atoms in total. The molecular weight excluding hydrogens is 405 g/mol. The van der Waals surface area contributed by atoms with E-state index in [0.717, 1.165) is 5.56 Å². The summed E-state index contributed by atoms with van der Waals surface area (Å²) in [7, 11) is 0. The fourth-order valence-corrected chi connectivity index (χ4v) is 3.50. The highest BCUT2D eigenvalue weighted by molar-refractivity contribution is 5.45. The van der Waals surface area contributed by atoms with Crippen LogP contribution in [0.25, 0.3) is 0 Å². The van der Waals surface area contributed by atoms with Crippen molar-refractivity contribution >= 4 is 0 Å². The summed E-state index contributed by atoms with van der Waals surface area (Å²) in [5.41, 5.74) is 1.90. The quantitative estimate of drug-likeness (QED) is 0.431. The summed E-state index contributed by atoms with van der Waals surface area (Å²) in [5.74, 6) is -0.0917. The standard InChI is InChI=1S/C25H25F3O3/c1-16(2)22(15-29)18-8-13-23(31-25(27)28)21(14-18)24(17-6-4-3-5-7-17)30-20-11-9-19(26)10-12-20/h3-14,16,22,24-25,29H,15H2,1-2H3. The molecule has 3 aromatic rings. The van der Waals surface area contributed by atoms with E-state index in [2.05, 4.69) is 0 Å². The van der Waals surface area contributed by atoms with Crippen molar-refractivity contribution in [2.45, 2.75) is 32.5 Å². The van der Waals surface area contributed by atoms with Crippen LogP contribution in [0.1, 0.15) is 42.6 Å². The molecule has 0 aliphatic carbocycles. The van der Waals surface area contributed by atoms with Crippen molar-refractivity contribution in [1.82, 2.24) is 0 Å². The molecule has 0 fully saturated rings. The Bertz CT molecular complexity index is 960. The molecule has 0 aliphatic heterocycles. The topological polar surface area (TPSA) is 38.7 Å². The molecule has 0 amide bonds. The molecule has 164 valence electrons. The van der Waals surface area contributed by atoms with E-state index in [9.17, 15) is 18.3 Å². The molecule has 0 radical (unpaired) electrons. The number of hydrogen-bond donors (Lipinski definition) is 1. The minimum atomic E-state index is -3.01. The van der Waals surface area contributed by atoms with Gasteiger partial charge in [0.2, 0.25) is 0 Å². The van der Waals surface area contributed by atoms with Crippen LogP contribution in [-0.4, -0.2) is 18.3 Å². The summed E-state index contributed by atoms with van der Waals surface area (Å²) in [5, 5.41) is 9.85. The van der Waals surface area contributed by atoms with Gasteiger partial charge in [-0.05, 0) is 53.4 Å². The number of halogens is 3. The predicted molar refractivity (Wildman–Crippen MR) is 113 cm³/mol. The number of aliphatic hydroxyl groups is 1. The second-order valence-electron chi connectivity index (χ2n) is 7.57. The molecular formula is C25H25F3O3. The zero-order chi connectivity index (χ0) is 22.4. The largest absolute Gasteiger partial charge is 0.481 e. The number of benzene rings is 3. The highest BCUT2D eigenvalue weighted by Crippen LogP contribution is 2.38. The highest BCUT2D eigenvalue weighted by atomic mass is 19.3. The van der Waals surface area contributed by atoms with Crippen LogP contribution in [-0.2, 0) is 0 Å². The fraction of sp³-hybridized carbons (Fsp3) is 0.280. The summed E-state index contributed by atoms with van der Waals surface area (Å²) in [6.45, 7) is 0.869. The van der Waals surface area contributed by atoms with Crippen LogP contribution in [0.15, 0.2) is 72.8 Å². The van der Waals surface area contributed by atoms with Crippen LogP contribution < -0.4 is 9.47 Å². The first-order valence-corrected chi connectivity index (χ1v) is 10.1. The Morgan fingerprint density at radius 2 is 1.52 bits per heavy atom. The van der Waals surface area contributed by atoms with Gasteiger partial charge in [-0.2, -0.15) is 8.78 Å². The maximum absolute atomic E-state index is 13.4. The zero-order valence-electron chi connectivity index (χ0n) is 17.3. The number of hydrogen-bond acceptors (Lipinski definition) is 3. The third kappa shape index (κ3) is 5.79. The molecule has 31 heavy (non-hydrogen) atoms. The second-order valence-corrected chi connectivity index (χ2v) is 7.57. The first-order chi connectivity index (χ1) is 14.9. The Kier molecular flexibility index (Phi) is 7.58. The van der Waals surface area contributed by atoms with Gasteiger partial charge >= 0.3 is 6.61 Å². The van der Waals surface area contributed by atoms with Gasteiger partial charge in [-0.15, -0.1) is 0 Å². The molecule has 3 rings (SSSR count). The lowest BCUT2D eigenvalue weighted by Crippen LogP contribution is -2.16. The summed E-state index contributed by atoms with van der Waals surface area (Å²) >= 11 is 0. The molecule has 0 heterocycles. The molecule has 2 unspecified atom stereocenters. The zero-order valence-corrected chi connectivity index (χ0v) is 17.3. The van der Waals surface area contributed by atoms with Crippen molar-refractivity contribution in [3.05, 3.63) is 95.3 Å². The molecule has 0 spiro atoms. The van der Waals surface area contributed by atoms with E-state index in [0.29, 0.717) is 16.9 Å². The maximum atomic E-state index is 13.4. The van der Waals surface area contributed by atoms with Gasteiger partial charge < -0.3 is 14.6 Å². The monoisotopic (exact) mass is 430 g/mol. The smallest absolute Gasteiger partial charge is 0.387 e. The molecule has 0 bridgehead atoms. The van der Waals surface area contributed by atoms with E-state index in [1.54, 1.807) is 12.1 Å². The third-order valence-corrected chi connectivity index (χ3v) is 5.13. The fourth-order valence-electron chi connectivity index (χ4n) is 3.50. The Hall–Kier alpha value is -2.99. The van der Waals surface area contributed by atoms with E-state index >= 15 is 0 Å². The van der Waals surface area contributed by atoms with E-state index in [-0.39, 0.29) is 24.2 Å². The van der Waals surface area contributed by atoms with Gasteiger partial charge in [0, 0.05) is 11.5 Å². The first-order valence-electron chi connectivity index (χ1n) is 10.1. The highest BCUT2D eigenvalue weighted by Gasteiger charge is 2.25. The van der Waals surface area contributed by atoms with Crippen LogP contribution in [0.2, 0.25) is 0 Å². The summed E-state index contributed by atoms with van der Waals surface area (Å²) in [6.07, 6.45) is -0.785. The van der Waals surface area contributed by atoms with Gasteiger partial charge in [0.05, 0.1) is 6.61 Å². The SMILES string of the molecule is CC(C)C(CO)c1ccc(OC(F)F)c(C(Oc2ccc(F)cc2)c2ccccc2)c1. The van der Waals surface area contributed by atoms with Crippen molar-refractivity contribution in [2.24, 2.45) is 5.92 Å². The molecule has 0 aliphatic rings. The average molecular weight is 430 g/mol. The van der Waals surface area contributed by atoms with Crippen molar-refractivity contribution in [1.29, 1.82) is 0 Å². The summed E-state index contributed by atoms with van der Waals surface area (Å²) in [6, 6.07) is 19.5. The first kappa shape index (κ1) is 22.7. The van der Waals surface area contributed by atoms with Crippen molar-refractivity contribution in [3.63, 3.8) is 0 Å². The predicted octanol–water partition coefficient (Wildman–Crippen LogP) is 6.33. The number of aliphatic hydroxyl groups excluding tert-OH is 1. The Morgan fingerprint density at radius 1 is 0.839 bits per heavy atom. The van der Waals surface area contributed by atoms with Gasteiger partial charge in [-0.1, -0.05) is 50.2 Å². The minimum absolute atomic E-state index is 0.0184. The van der Waals surface area contributed by atoms with E-state index in [4.69, 9.17) is 9.47 Å². The van der Waals surface area contributed by atoms with Crippen LogP contribution in [0.3, 0.4) is 0 Å². The number of rotatable bonds is 9. The molecule has 0 saturated carbocycles. The van der Waals surface area contributed by atoms with Crippen LogP contribution >= 0.6 is 0 Å². The lowest BCUT2D eigenvalue weighted by Gasteiger charge is -2.25. The van der Waals surface area contributed by atoms with Crippen LogP contribution in [0.5, 0.6) is 11.5 Å². The molecule has 1 N–H and O–H groups in total. The van der Waals surface area contributed by atoms with Crippen molar-refractivity contribution < 1.29 is 27.8 Å². The van der Waals surface area contributed by atoms with E-state index in [1.165, 1.54) is 30.3 Å². The lowest BCUT2D eigenvalue weighted by molar-refractivity contribution is -0.0511. The molecule has 3 aromatic carbocycles. The van der Waals surface area contributed by atoms with Gasteiger partial charge in [-0.25, -0.2) is 4.39 Å². The summed E-state index contributed by atoms with van der Waals surface area (Å²) in [4.78, 5) is 0. The number of alkyl halides is 2. The maximum Gasteiger partial charge on any atom is 0.387 e. The minimum Gasteiger partial charge on any atom is -0.481 e. The summed E-state index contributed by atoms with van der Waals surface area (Å²) < 4.78 is 50.6. The van der Waals surface area contributed by atoms with Gasteiger partial charge in [0.25, 0.3) is 0 Å². The molecule has 0 aromatic heterocycles. The van der Waals surface area contributed by atoms with Gasteiger partial charge in [-0.3, -0.25) is 0 Å². The Balaban J connectivity index is 2.13. The molecule has 2 atom stereocenters. The Morgan fingerprint density at radius 3 is 2.10 bits per heavy atom. The third-order valence-electron chi connectivity index (χ3n) is 5.13. The van der Waals surface area contributed by atoms with Crippen LogP contribution in [0.4, 0.5) is 13.2 Å². The lowest BCUT2D eigenvalue weighted by atomic mass is 9.87. The Labute approximate surface area is 180 Å². The molecule has 6 heteroatoms. The molecule has 0 saturated heterocycles. The normalized spacial score (nSPS) is 13.3. The van der Waals surface area contributed by atoms with Crippen LogP contribution in [0, 0.1) is 11.7 Å². The van der Waals surface area contributed by atoms with Crippen molar-refractivity contribution in [3.8, 4) is 11.5 Å². The van der Waals surface area contributed by atoms with Gasteiger partial charge in [0.1, 0.15) is 17.3 Å². The number of ether oxygens (including phenoxy) is 2. The van der Waals surface area contributed by atoms with Gasteiger partial charge in [0.15, 0.2) is 6.10 Å². The van der Waals surface area contributed by atoms with E-state index < -0.39 is 18.5 Å². The van der Waals surface area contributed by atoms with E-state index in [1.807, 2.05) is 44.2 Å². The second kappa shape index (κ2) is 10.4. The van der Waals surface area contributed by atoms with Crippen molar-refractivity contribution in [2.75, 3.05) is 6.61 Å². The average Bonchev–Trinajstić information content (AvgIpc) is 2.75.